The van der Waals surface area contributed by atoms with Crippen LogP contribution in [0.4, 0.5) is 5.69 Å². The van der Waals surface area contributed by atoms with E-state index in [9.17, 15) is 4.79 Å². The predicted molar refractivity (Wildman–Crippen MR) is 72.7 cm³/mol. The lowest BCUT2D eigenvalue weighted by Gasteiger charge is -2.06. The Morgan fingerprint density at radius 3 is 2.58 bits per heavy atom. The maximum Gasteiger partial charge on any atom is 0.337 e. The zero-order valence-electron chi connectivity index (χ0n) is 10.2. The molecule has 1 aromatic heterocycles. The number of methoxy groups -OCH3 is 1. The molecular weight excluding hydrogens is 264 g/mol. The van der Waals surface area contributed by atoms with E-state index in [1.807, 2.05) is 24.3 Å². The van der Waals surface area contributed by atoms with Gasteiger partial charge in [-0.05, 0) is 30.3 Å². The van der Waals surface area contributed by atoms with Gasteiger partial charge in [0.25, 0.3) is 0 Å². The van der Waals surface area contributed by atoms with E-state index in [1.54, 1.807) is 7.11 Å². The summed E-state index contributed by atoms with van der Waals surface area (Å²) in [5.74, 6) is -0.272. The van der Waals surface area contributed by atoms with Crippen molar-refractivity contribution in [3.05, 3.63) is 42.1 Å². The molecule has 2 aromatic rings. The minimum absolute atomic E-state index is 0.0802. The number of nitrogens with two attached hydrogens (primary N) is 1. The molecule has 0 saturated heterocycles. The number of pyridine rings is 1. The van der Waals surface area contributed by atoms with Gasteiger partial charge in [-0.15, -0.1) is 0 Å². The van der Waals surface area contributed by atoms with Gasteiger partial charge in [0.05, 0.1) is 18.4 Å². The fraction of sp³-hybridized carbons (Fsp3) is 0.0769. The van der Waals surface area contributed by atoms with E-state index in [1.165, 1.54) is 24.0 Å². The van der Waals surface area contributed by atoms with E-state index < -0.39 is 5.97 Å². The van der Waals surface area contributed by atoms with Crippen LogP contribution in [0.1, 0.15) is 10.4 Å². The predicted octanol–water partition coefficient (Wildman–Crippen LogP) is 2.52. The summed E-state index contributed by atoms with van der Waals surface area (Å²) in [5, 5.41) is 9.41. The van der Waals surface area contributed by atoms with E-state index >= 15 is 0 Å². The lowest BCUT2D eigenvalue weighted by atomic mass is 10.3. The zero-order chi connectivity index (χ0) is 13.8. The first-order valence-electron chi connectivity index (χ1n) is 5.41. The van der Waals surface area contributed by atoms with E-state index in [2.05, 4.69) is 4.98 Å². The molecule has 6 heteroatoms. The van der Waals surface area contributed by atoms with Gasteiger partial charge in [0.2, 0.25) is 0 Å². The number of aromatic nitrogens is 1. The number of hydrogen-bond acceptors (Lipinski definition) is 5. The van der Waals surface area contributed by atoms with Crippen molar-refractivity contribution in [1.82, 2.24) is 4.98 Å². The van der Waals surface area contributed by atoms with Crippen molar-refractivity contribution in [2.45, 2.75) is 9.92 Å². The summed E-state index contributed by atoms with van der Waals surface area (Å²) in [7, 11) is 1.60. The van der Waals surface area contributed by atoms with Gasteiger partial charge in [-0.25, -0.2) is 9.78 Å². The van der Waals surface area contributed by atoms with Crippen LogP contribution in [0.25, 0.3) is 0 Å². The van der Waals surface area contributed by atoms with Crippen molar-refractivity contribution in [1.29, 1.82) is 0 Å². The van der Waals surface area contributed by atoms with Gasteiger partial charge in [-0.3, -0.25) is 0 Å². The third kappa shape index (κ3) is 3.17. The van der Waals surface area contributed by atoms with Crippen LogP contribution in [0.5, 0.6) is 5.75 Å². The summed E-state index contributed by atoms with van der Waals surface area (Å²) in [4.78, 5) is 15.8. The van der Waals surface area contributed by atoms with Gasteiger partial charge in [0, 0.05) is 11.1 Å². The smallest absolute Gasteiger partial charge is 0.337 e. The molecular formula is C13H12N2O3S. The number of nitrogen functional groups attached to an aromatic ring is 1. The van der Waals surface area contributed by atoms with Gasteiger partial charge >= 0.3 is 5.97 Å². The van der Waals surface area contributed by atoms with Crippen LogP contribution < -0.4 is 10.5 Å². The number of carbonyl (C=O) groups is 1. The average Bonchev–Trinajstić information content (AvgIpc) is 2.41. The Morgan fingerprint density at radius 2 is 2.05 bits per heavy atom. The molecule has 0 saturated carbocycles. The summed E-state index contributed by atoms with van der Waals surface area (Å²) >= 11 is 1.37. The lowest BCUT2D eigenvalue weighted by Crippen LogP contribution is -2.00. The van der Waals surface area contributed by atoms with Crippen molar-refractivity contribution in [2.24, 2.45) is 0 Å². The molecule has 1 heterocycles. The second-order valence-corrected chi connectivity index (χ2v) is 4.76. The minimum Gasteiger partial charge on any atom is -0.497 e. The largest absolute Gasteiger partial charge is 0.497 e. The summed E-state index contributed by atoms with van der Waals surface area (Å²) in [5.41, 5.74) is 6.22. The minimum atomic E-state index is -1.04. The molecule has 2 rings (SSSR count). The quantitative estimate of drug-likeness (QED) is 0.892. The summed E-state index contributed by atoms with van der Waals surface area (Å²) in [6.07, 6.45) is 1.30. The van der Waals surface area contributed by atoms with Crippen LogP contribution in [-0.4, -0.2) is 23.2 Å². The number of carboxylic acid groups (broad SMARTS) is 1. The highest BCUT2D eigenvalue weighted by Gasteiger charge is 2.09. The Labute approximate surface area is 114 Å². The Hall–Kier alpha value is -2.21. The molecule has 19 heavy (non-hydrogen) atoms. The molecule has 0 aliphatic rings. The fourth-order valence-corrected chi connectivity index (χ4v) is 2.20. The molecule has 0 radical (unpaired) electrons. The molecule has 0 bridgehead atoms. The first-order chi connectivity index (χ1) is 9.10. The van der Waals surface area contributed by atoms with E-state index in [0.717, 1.165) is 10.6 Å². The first kappa shape index (κ1) is 13.2. The molecule has 0 aliphatic carbocycles. The second kappa shape index (κ2) is 5.62. The van der Waals surface area contributed by atoms with Crippen molar-refractivity contribution >= 4 is 23.4 Å². The van der Waals surface area contributed by atoms with Crippen molar-refractivity contribution in [3.8, 4) is 5.75 Å². The molecule has 0 spiro atoms. The maximum atomic E-state index is 10.8. The number of ether oxygens (including phenoxy) is 1. The highest BCUT2D eigenvalue weighted by atomic mass is 32.2. The molecule has 98 valence electrons. The van der Waals surface area contributed by atoms with Crippen molar-refractivity contribution in [2.75, 3.05) is 12.8 Å². The number of hydrogen-bond donors (Lipinski definition) is 2. The fourth-order valence-electron chi connectivity index (χ4n) is 1.43. The number of carboxylic acids is 1. The average molecular weight is 276 g/mol. The van der Waals surface area contributed by atoms with Crippen molar-refractivity contribution < 1.29 is 14.6 Å². The van der Waals surface area contributed by atoms with Crippen LogP contribution in [0.15, 0.2) is 46.5 Å². The molecule has 0 unspecified atom stereocenters. The Balaban J connectivity index is 2.20. The molecule has 1 aromatic carbocycles. The van der Waals surface area contributed by atoms with E-state index in [-0.39, 0.29) is 5.56 Å². The van der Waals surface area contributed by atoms with Crippen LogP contribution >= 0.6 is 11.8 Å². The third-order valence-corrected chi connectivity index (χ3v) is 3.44. The van der Waals surface area contributed by atoms with Crippen LogP contribution in [0.3, 0.4) is 0 Å². The number of nitrogens with zero attached hydrogens (tertiary/aromatic N) is 1. The van der Waals surface area contributed by atoms with Crippen LogP contribution in [-0.2, 0) is 0 Å². The van der Waals surface area contributed by atoms with E-state index in [0.29, 0.717) is 10.7 Å². The normalized spacial score (nSPS) is 10.2. The summed E-state index contributed by atoms with van der Waals surface area (Å²) in [6, 6.07) is 8.85. The first-order valence-corrected chi connectivity index (χ1v) is 6.22. The van der Waals surface area contributed by atoms with Gasteiger partial charge in [-0.1, -0.05) is 11.8 Å². The molecule has 3 N–H and O–H groups in total. The Morgan fingerprint density at radius 1 is 1.37 bits per heavy atom. The SMILES string of the molecule is COc1ccc(Sc2ncc(C(=O)O)cc2N)cc1. The number of aromatic carboxylic acids is 1. The summed E-state index contributed by atoms with van der Waals surface area (Å²) < 4.78 is 5.07. The Bertz CT molecular complexity index is 599. The molecule has 0 fully saturated rings. The van der Waals surface area contributed by atoms with Crippen molar-refractivity contribution in [3.63, 3.8) is 0 Å². The second-order valence-electron chi connectivity index (χ2n) is 3.70. The molecule has 0 atom stereocenters. The van der Waals surface area contributed by atoms with E-state index in [4.69, 9.17) is 15.6 Å². The molecule has 5 nitrogen and oxygen atoms in total. The van der Waals surface area contributed by atoms with Gasteiger partial charge in [0.1, 0.15) is 10.8 Å². The highest BCUT2D eigenvalue weighted by molar-refractivity contribution is 7.99. The number of rotatable bonds is 4. The van der Waals surface area contributed by atoms with Gasteiger partial charge < -0.3 is 15.6 Å². The van der Waals surface area contributed by atoms with Crippen LogP contribution in [0.2, 0.25) is 0 Å². The zero-order valence-corrected chi connectivity index (χ0v) is 11.0. The lowest BCUT2D eigenvalue weighted by molar-refractivity contribution is 0.0696. The third-order valence-electron chi connectivity index (χ3n) is 2.40. The molecule has 0 aliphatic heterocycles. The number of anilines is 1. The summed E-state index contributed by atoms with van der Waals surface area (Å²) in [6.45, 7) is 0. The standard InChI is InChI=1S/C13H12N2O3S/c1-18-9-2-4-10(5-3-9)19-12-11(14)6-8(7-15-12)13(16)17/h2-7H,14H2,1H3,(H,16,17). The van der Waals surface area contributed by atoms with Gasteiger partial charge in [-0.2, -0.15) is 0 Å². The number of benzene rings is 1. The van der Waals surface area contributed by atoms with Crippen LogP contribution in [0, 0.1) is 0 Å². The highest BCUT2D eigenvalue weighted by Crippen LogP contribution is 2.31. The van der Waals surface area contributed by atoms with Gasteiger partial charge in [0.15, 0.2) is 0 Å². The monoisotopic (exact) mass is 276 g/mol. The Kier molecular flexibility index (Phi) is 3.91. The maximum absolute atomic E-state index is 10.8. The topological polar surface area (TPSA) is 85.4 Å². The molecule has 0 amide bonds.